The standard InChI is InChI=1S/C12H20F2N2O2/c1-15(10-4-2-3-5-10)12(18)9-16(6-7-17)8-11(13)14/h4,11,17H,2-3,5-9H2,1H3. The highest BCUT2D eigenvalue weighted by molar-refractivity contribution is 5.79. The third-order valence-electron chi connectivity index (χ3n) is 2.99. The third-order valence-corrected chi connectivity index (χ3v) is 2.99. The van der Waals surface area contributed by atoms with Crippen molar-refractivity contribution in [2.24, 2.45) is 0 Å². The number of aliphatic hydroxyl groups is 1. The van der Waals surface area contributed by atoms with E-state index in [1.807, 2.05) is 6.08 Å². The predicted molar refractivity (Wildman–Crippen MR) is 64.2 cm³/mol. The molecule has 4 nitrogen and oxygen atoms in total. The number of nitrogens with zero attached hydrogens (tertiary/aromatic N) is 2. The van der Waals surface area contributed by atoms with Crippen LogP contribution in [-0.4, -0.2) is 60.5 Å². The Kier molecular flexibility index (Phi) is 6.21. The maximum atomic E-state index is 12.3. The molecule has 0 radical (unpaired) electrons. The average Bonchev–Trinajstić information content (AvgIpc) is 2.80. The quantitative estimate of drug-likeness (QED) is 0.746. The van der Waals surface area contributed by atoms with Crippen molar-refractivity contribution in [2.45, 2.75) is 25.7 Å². The maximum Gasteiger partial charge on any atom is 0.251 e. The number of allylic oxidation sites excluding steroid dienone is 2. The largest absolute Gasteiger partial charge is 0.395 e. The molecule has 1 amide bonds. The van der Waals surface area contributed by atoms with Gasteiger partial charge in [-0.1, -0.05) is 6.08 Å². The Labute approximate surface area is 106 Å². The topological polar surface area (TPSA) is 43.8 Å². The highest BCUT2D eigenvalue weighted by Gasteiger charge is 2.20. The van der Waals surface area contributed by atoms with Crippen molar-refractivity contribution >= 4 is 5.91 Å². The van der Waals surface area contributed by atoms with Crippen molar-refractivity contribution in [3.63, 3.8) is 0 Å². The lowest BCUT2D eigenvalue weighted by Gasteiger charge is -2.24. The SMILES string of the molecule is CN(C(=O)CN(CCO)CC(F)F)C1=CCCC1. The molecular formula is C12H20F2N2O2. The van der Waals surface area contributed by atoms with E-state index in [0.717, 1.165) is 25.0 Å². The van der Waals surface area contributed by atoms with Gasteiger partial charge in [0.1, 0.15) is 0 Å². The summed E-state index contributed by atoms with van der Waals surface area (Å²) in [7, 11) is 1.67. The fourth-order valence-corrected chi connectivity index (χ4v) is 1.99. The summed E-state index contributed by atoms with van der Waals surface area (Å²) in [6.07, 6.45) is 2.35. The molecule has 0 unspecified atom stereocenters. The van der Waals surface area contributed by atoms with Gasteiger partial charge in [-0.3, -0.25) is 9.69 Å². The fourth-order valence-electron chi connectivity index (χ4n) is 1.99. The van der Waals surface area contributed by atoms with Gasteiger partial charge >= 0.3 is 0 Å². The number of aliphatic hydroxyl groups excluding tert-OH is 1. The summed E-state index contributed by atoms with van der Waals surface area (Å²) in [5.41, 5.74) is 0.959. The van der Waals surface area contributed by atoms with E-state index < -0.39 is 13.0 Å². The summed E-state index contributed by atoms with van der Waals surface area (Å²) >= 11 is 0. The van der Waals surface area contributed by atoms with Crippen molar-refractivity contribution in [3.05, 3.63) is 11.8 Å². The Balaban J connectivity index is 2.48. The monoisotopic (exact) mass is 262 g/mol. The smallest absolute Gasteiger partial charge is 0.251 e. The van der Waals surface area contributed by atoms with Gasteiger partial charge < -0.3 is 10.0 Å². The van der Waals surface area contributed by atoms with Crippen LogP contribution in [0.3, 0.4) is 0 Å². The van der Waals surface area contributed by atoms with Crippen LogP contribution >= 0.6 is 0 Å². The lowest BCUT2D eigenvalue weighted by atomic mass is 10.3. The lowest BCUT2D eigenvalue weighted by Crippen LogP contribution is -2.41. The van der Waals surface area contributed by atoms with E-state index in [9.17, 15) is 13.6 Å². The van der Waals surface area contributed by atoms with Crippen molar-refractivity contribution in [3.8, 4) is 0 Å². The van der Waals surface area contributed by atoms with Crippen molar-refractivity contribution in [1.82, 2.24) is 9.80 Å². The van der Waals surface area contributed by atoms with Crippen LogP contribution in [0.4, 0.5) is 8.78 Å². The zero-order valence-electron chi connectivity index (χ0n) is 10.6. The van der Waals surface area contributed by atoms with Crippen molar-refractivity contribution in [1.29, 1.82) is 0 Å². The Hall–Kier alpha value is -1.01. The van der Waals surface area contributed by atoms with Gasteiger partial charge in [0.25, 0.3) is 6.43 Å². The molecule has 1 aliphatic rings. The summed E-state index contributed by atoms with van der Waals surface area (Å²) in [6.45, 7) is -0.715. The van der Waals surface area contributed by atoms with Gasteiger partial charge in [-0.05, 0) is 19.3 Å². The highest BCUT2D eigenvalue weighted by atomic mass is 19.3. The number of hydrogen-bond acceptors (Lipinski definition) is 3. The molecule has 0 atom stereocenters. The summed E-state index contributed by atoms with van der Waals surface area (Å²) < 4.78 is 24.6. The van der Waals surface area contributed by atoms with E-state index in [-0.39, 0.29) is 25.6 Å². The molecule has 1 rings (SSSR count). The van der Waals surface area contributed by atoms with Gasteiger partial charge in [-0.2, -0.15) is 0 Å². The van der Waals surface area contributed by atoms with Gasteiger partial charge in [0.2, 0.25) is 5.91 Å². The fraction of sp³-hybridized carbons (Fsp3) is 0.750. The number of likely N-dealkylation sites (N-methyl/N-ethyl adjacent to an activating group) is 1. The molecule has 0 aromatic rings. The van der Waals surface area contributed by atoms with Gasteiger partial charge in [0, 0.05) is 19.3 Å². The molecule has 18 heavy (non-hydrogen) atoms. The second kappa shape index (κ2) is 7.43. The van der Waals surface area contributed by atoms with Crippen LogP contribution in [0.15, 0.2) is 11.8 Å². The van der Waals surface area contributed by atoms with E-state index in [4.69, 9.17) is 5.11 Å². The second-order valence-electron chi connectivity index (χ2n) is 4.39. The van der Waals surface area contributed by atoms with E-state index >= 15 is 0 Å². The average molecular weight is 262 g/mol. The van der Waals surface area contributed by atoms with Crippen LogP contribution in [-0.2, 0) is 4.79 Å². The van der Waals surface area contributed by atoms with Crippen LogP contribution < -0.4 is 0 Å². The second-order valence-corrected chi connectivity index (χ2v) is 4.39. The van der Waals surface area contributed by atoms with Crippen LogP contribution in [0.2, 0.25) is 0 Å². The molecule has 104 valence electrons. The Bertz CT molecular complexity index is 308. The zero-order valence-corrected chi connectivity index (χ0v) is 10.6. The minimum atomic E-state index is -2.50. The lowest BCUT2D eigenvalue weighted by molar-refractivity contribution is -0.130. The molecule has 0 heterocycles. The Morgan fingerprint density at radius 1 is 1.56 bits per heavy atom. The molecular weight excluding hydrogens is 242 g/mol. The number of alkyl halides is 2. The minimum absolute atomic E-state index is 0.0846. The number of carbonyl (C=O) groups is 1. The van der Waals surface area contributed by atoms with E-state index in [1.165, 1.54) is 9.80 Å². The van der Waals surface area contributed by atoms with Gasteiger partial charge in [-0.25, -0.2) is 8.78 Å². The molecule has 0 aromatic heterocycles. The maximum absolute atomic E-state index is 12.3. The highest BCUT2D eigenvalue weighted by Crippen LogP contribution is 2.20. The van der Waals surface area contributed by atoms with E-state index in [1.54, 1.807) is 7.05 Å². The first-order valence-electron chi connectivity index (χ1n) is 6.11. The Morgan fingerprint density at radius 3 is 2.78 bits per heavy atom. The predicted octanol–water partition coefficient (Wildman–Crippen LogP) is 1.07. The Morgan fingerprint density at radius 2 is 2.28 bits per heavy atom. The number of halogens is 2. The molecule has 0 saturated carbocycles. The number of carbonyl (C=O) groups excluding carboxylic acids is 1. The molecule has 1 aliphatic carbocycles. The summed E-state index contributed by atoms with van der Waals surface area (Å²) in [4.78, 5) is 14.7. The first kappa shape index (κ1) is 15.0. The van der Waals surface area contributed by atoms with Crippen LogP contribution in [0, 0.1) is 0 Å². The van der Waals surface area contributed by atoms with Crippen LogP contribution in [0.5, 0.6) is 0 Å². The molecule has 0 bridgehead atoms. The van der Waals surface area contributed by atoms with Crippen molar-refractivity contribution < 1.29 is 18.7 Å². The van der Waals surface area contributed by atoms with Crippen LogP contribution in [0.1, 0.15) is 19.3 Å². The molecule has 0 spiro atoms. The van der Waals surface area contributed by atoms with E-state index in [2.05, 4.69) is 0 Å². The molecule has 0 aliphatic heterocycles. The summed E-state index contributed by atoms with van der Waals surface area (Å²) in [6, 6.07) is 0. The number of hydrogen-bond donors (Lipinski definition) is 1. The van der Waals surface area contributed by atoms with Gasteiger partial charge in [-0.15, -0.1) is 0 Å². The number of amides is 1. The van der Waals surface area contributed by atoms with E-state index in [0.29, 0.717) is 0 Å². The third kappa shape index (κ3) is 4.70. The molecule has 6 heteroatoms. The van der Waals surface area contributed by atoms with Crippen LogP contribution in [0.25, 0.3) is 0 Å². The molecule has 0 aromatic carbocycles. The number of rotatable bonds is 7. The first-order chi connectivity index (χ1) is 8.54. The first-order valence-corrected chi connectivity index (χ1v) is 6.11. The normalized spacial score (nSPS) is 15.3. The summed E-state index contributed by atoms with van der Waals surface area (Å²) in [5.74, 6) is -0.211. The molecule has 0 fully saturated rings. The molecule has 1 N–H and O–H groups in total. The zero-order chi connectivity index (χ0) is 13.5. The summed E-state index contributed by atoms with van der Waals surface area (Å²) in [5, 5.41) is 8.79. The van der Waals surface area contributed by atoms with Gasteiger partial charge in [0.15, 0.2) is 0 Å². The molecule has 0 saturated heterocycles. The minimum Gasteiger partial charge on any atom is -0.395 e. The van der Waals surface area contributed by atoms with Crippen molar-refractivity contribution in [2.75, 3.05) is 33.3 Å². The van der Waals surface area contributed by atoms with Gasteiger partial charge in [0.05, 0.1) is 19.7 Å².